The molecule has 0 aliphatic carbocycles. The summed E-state index contributed by atoms with van der Waals surface area (Å²) in [6.07, 6.45) is 0.140. The van der Waals surface area contributed by atoms with Gasteiger partial charge in [-0.25, -0.2) is 0 Å². The molecule has 1 rings (SSSR count). The van der Waals surface area contributed by atoms with Gasteiger partial charge in [-0.2, -0.15) is 0 Å². The molecule has 0 aromatic carbocycles. The minimum absolute atomic E-state index is 0.0901. The van der Waals surface area contributed by atoms with Gasteiger partial charge in [-0.3, -0.25) is 4.79 Å². The monoisotopic (exact) mass is 167 g/mol. The van der Waals surface area contributed by atoms with Crippen molar-refractivity contribution in [2.75, 3.05) is 19.7 Å². The Bertz CT molecular complexity index is 226. The molecular formula is C9H13NO2. The Balaban J connectivity index is 2.49. The molecule has 0 radical (unpaired) electrons. The van der Waals surface area contributed by atoms with E-state index in [0.29, 0.717) is 19.7 Å². The van der Waals surface area contributed by atoms with E-state index in [0.717, 1.165) is 0 Å². The van der Waals surface area contributed by atoms with Crippen molar-refractivity contribution in [1.82, 2.24) is 4.90 Å². The Hall–Kier alpha value is -1.01. The van der Waals surface area contributed by atoms with Crippen molar-refractivity contribution in [2.45, 2.75) is 20.0 Å². The van der Waals surface area contributed by atoms with Gasteiger partial charge in [-0.15, -0.1) is 0 Å². The largest absolute Gasteiger partial charge is 0.375 e. The summed E-state index contributed by atoms with van der Waals surface area (Å²) in [6.45, 7) is 5.57. The van der Waals surface area contributed by atoms with Gasteiger partial charge in [0, 0.05) is 13.1 Å². The summed E-state index contributed by atoms with van der Waals surface area (Å²) < 4.78 is 5.29. The van der Waals surface area contributed by atoms with E-state index in [2.05, 4.69) is 11.8 Å². The molecule has 3 heteroatoms. The van der Waals surface area contributed by atoms with E-state index in [1.807, 2.05) is 6.92 Å². The fourth-order valence-corrected chi connectivity index (χ4v) is 1.19. The summed E-state index contributed by atoms with van der Waals surface area (Å²) in [4.78, 5) is 13.0. The van der Waals surface area contributed by atoms with Crippen LogP contribution in [0.3, 0.4) is 0 Å². The molecule has 0 spiro atoms. The van der Waals surface area contributed by atoms with Crippen LogP contribution in [0.1, 0.15) is 13.8 Å². The van der Waals surface area contributed by atoms with E-state index < -0.39 is 0 Å². The number of ether oxygens (including phenoxy) is 1. The zero-order valence-electron chi connectivity index (χ0n) is 7.46. The van der Waals surface area contributed by atoms with Gasteiger partial charge in [0.2, 0.25) is 0 Å². The highest BCUT2D eigenvalue weighted by atomic mass is 16.5. The van der Waals surface area contributed by atoms with E-state index in [1.165, 1.54) is 0 Å². The van der Waals surface area contributed by atoms with Crippen LogP contribution in [0.5, 0.6) is 0 Å². The fraction of sp³-hybridized carbons (Fsp3) is 0.667. The summed E-state index contributed by atoms with van der Waals surface area (Å²) in [5.41, 5.74) is 0. The van der Waals surface area contributed by atoms with Gasteiger partial charge in [-0.05, 0) is 19.8 Å². The quantitative estimate of drug-likeness (QED) is 0.484. The molecule has 1 heterocycles. The standard InChI is InChI=1S/C9H13NO2/c1-3-4-9(11)10-5-6-12-8(2)7-10/h8H,5-7H2,1-2H3/t8-/m1/s1. The summed E-state index contributed by atoms with van der Waals surface area (Å²) in [7, 11) is 0. The Kier molecular flexibility index (Phi) is 3.12. The van der Waals surface area contributed by atoms with Gasteiger partial charge in [-0.1, -0.05) is 5.92 Å². The van der Waals surface area contributed by atoms with Crippen molar-refractivity contribution in [3.8, 4) is 11.8 Å². The molecule has 66 valence electrons. The van der Waals surface area contributed by atoms with Crippen LogP contribution in [0, 0.1) is 11.8 Å². The topological polar surface area (TPSA) is 29.5 Å². The number of nitrogens with zero attached hydrogens (tertiary/aromatic N) is 1. The lowest BCUT2D eigenvalue weighted by Crippen LogP contribution is -2.44. The average molecular weight is 167 g/mol. The van der Waals surface area contributed by atoms with Gasteiger partial charge in [0.05, 0.1) is 12.7 Å². The lowest BCUT2D eigenvalue weighted by molar-refractivity contribution is -0.131. The molecule has 1 saturated heterocycles. The van der Waals surface area contributed by atoms with Gasteiger partial charge in [0.1, 0.15) is 0 Å². The predicted molar refractivity (Wildman–Crippen MR) is 45.4 cm³/mol. The molecule has 12 heavy (non-hydrogen) atoms. The van der Waals surface area contributed by atoms with Crippen molar-refractivity contribution >= 4 is 5.91 Å². The number of hydrogen-bond donors (Lipinski definition) is 0. The van der Waals surface area contributed by atoms with Crippen LogP contribution in [0.2, 0.25) is 0 Å². The molecule has 1 fully saturated rings. The lowest BCUT2D eigenvalue weighted by atomic mass is 10.3. The SMILES string of the molecule is CC#CC(=O)N1CCO[C@H](C)C1. The van der Waals surface area contributed by atoms with Gasteiger partial charge in [0.15, 0.2) is 0 Å². The van der Waals surface area contributed by atoms with Gasteiger partial charge in [0.25, 0.3) is 5.91 Å². The Morgan fingerprint density at radius 1 is 1.67 bits per heavy atom. The summed E-state index contributed by atoms with van der Waals surface area (Å²) >= 11 is 0. The van der Waals surface area contributed by atoms with Crippen molar-refractivity contribution in [3.63, 3.8) is 0 Å². The van der Waals surface area contributed by atoms with Gasteiger partial charge < -0.3 is 9.64 Å². The second-order valence-corrected chi connectivity index (χ2v) is 2.81. The molecule has 0 bridgehead atoms. The minimum Gasteiger partial charge on any atom is -0.375 e. The first kappa shape index (κ1) is 9.08. The molecule has 1 aliphatic rings. The maximum atomic E-state index is 11.2. The minimum atomic E-state index is -0.0901. The lowest BCUT2D eigenvalue weighted by Gasteiger charge is -2.29. The first-order chi connectivity index (χ1) is 5.74. The summed E-state index contributed by atoms with van der Waals surface area (Å²) in [5.74, 6) is 5.02. The summed E-state index contributed by atoms with van der Waals surface area (Å²) in [5, 5.41) is 0. The van der Waals surface area contributed by atoms with E-state index in [-0.39, 0.29) is 12.0 Å². The molecule has 1 amide bonds. The van der Waals surface area contributed by atoms with Crippen molar-refractivity contribution in [1.29, 1.82) is 0 Å². The smallest absolute Gasteiger partial charge is 0.298 e. The fourth-order valence-electron chi connectivity index (χ4n) is 1.19. The molecule has 0 aromatic heterocycles. The average Bonchev–Trinajstić information content (AvgIpc) is 2.05. The van der Waals surface area contributed by atoms with E-state index in [4.69, 9.17) is 4.74 Å². The van der Waals surface area contributed by atoms with Crippen molar-refractivity contribution in [2.24, 2.45) is 0 Å². The van der Waals surface area contributed by atoms with Crippen LogP contribution in [0.15, 0.2) is 0 Å². The molecule has 1 atom stereocenters. The van der Waals surface area contributed by atoms with Crippen LogP contribution in [0.4, 0.5) is 0 Å². The first-order valence-corrected chi connectivity index (χ1v) is 4.07. The third kappa shape index (κ3) is 2.24. The maximum Gasteiger partial charge on any atom is 0.298 e. The predicted octanol–water partition coefficient (Wildman–Crippen LogP) is 0.257. The second kappa shape index (κ2) is 4.13. The van der Waals surface area contributed by atoms with Crippen LogP contribution in [-0.2, 0) is 9.53 Å². The number of amides is 1. The molecule has 0 N–H and O–H groups in total. The zero-order chi connectivity index (χ0) is 8.97. The van der Waals surface area contributed by atoms with Crippen LogP contribution in [-0.4, -0.2) is 36.6 Å². The Morgan fingerprint density at radius 3 is 3.00 bits per heavy atom. The molecule has 0 aromatic rings. The normalized spacial score (nSPS) is 22.8. The molecule has 0 unspecified atom stereocenters. The van der Waals surface area contributed by atoms with Crippen molar-refractivity contribution < 1.29 is 9.53 Å². The molecule has 1 aliphatic heterocycles. The van der Waals surface area contributed by atoms with E-state index in [1.54, 1.807) is 11.8 Å². The Morgan fingerprint density at radius 2 is 2.42 bits per heavy atom. The first-order valence-electron chi connectivity index (χ1n) is 4.07. The summed E-state index contributed by atoms with van der Waals surface area (Å²) in [6, 6.07) is 0. The molecule has 0 saturated carbocycles. The maximum absolute atomic E-state index is 11.2. The third-order valence-corrected chi connectivity index (χ3v) is 1.76. The van der Waals surface area contributed by atoms with E-state index >= 15 is 0 Å². The molecular weight excluding hydrogens is 154 g/mol. The van der Waals surface area contributed by atoms with Crippen molar-refractivity contribution in [3.05, 3.63) is 0 Å². The Labute approximate surface area is 72.7 Å². The highest BCUT2D eigenvalue weighted by Gasteiger charge is 2.19. The molecule has 3 nitrogen and oxygen atoms in total. The highest BCUT2D eigenvalue weighted by Crippen LogP contribution is 2.03. The number of carbonyl (C=O) groups excluding carboxylic acids is 1. The van der Waals surface area contributed by atoms with Gasteiger partial charge >= 0.3 is 0 Å². The second-order valence-electron chi connectivity index (χ2n) is 2.81. The number of hydrogen-bond acceptors (Lipinski definition) is 2. The van der Waals surface area contributed by atoms with Crippen LogP contribution >= 0.6 is 0 Å². The van der Waals surface area contributed by atoms with E-state index in [9.17, 15) is 4.79 Å². The number of rotatable bonds is 0. The number of carbonyl (C=O) groups is 1. The van der Waals surface area contributed by atoms with Crippen LogP contribution < -0.4 is 0 Å². The number of morpholine rings is 1. The third-order valence-electron chi connectivity index (χ3n) is 1.76. The zero-order valence-corrected chi connectivity index (χ0v) is 7.46. The van der Waals surface area contributed by atoms with Crippen LogP contribution in [0.25, 0.3) is 0 Å². The highest BCUT2D eigenvalue weighted by molar-refractivity contribution is 5.93.